The molecule has 1 N–H and O–H groups in total. The molecule has 35 heavy (non-hydrogen) atoms. The van der Waals surface area contributed by atoms with E-state index in [0.717, 1.165) is 19.3 Å². The average molecular weight is 494 g/mol. The van der Waals surface area contributed by atoms with Gasteiger partial charge in [0, 0.05) is 12.6 Å². The molecule has 2 aliphatic rings. The van der Waals surface area contributed by atoms with Crippen LogP contribution in [0, 0.1) is 17.8 Å². The molecule has 0 radical (unpaired) electrons. The lowest BCUT2D eigenvalue weighted by molar-refractivity contribution is -0.149. The van der Waals surface area contributed by atoms with Gasteiger partial charge in [-0.1, -0.05) is 6.92 Å². The Hall–Kier alpha value is -3.11. The topological polar surface area (TPSA) is 137 Å². The highest BCUT2D eigenvalue weighted by atomic mass is 16.5. The van der Waals surface area contributed by atoms with Gasteiger partial charge < -0.3 is 23.9 Å². The van der Waals surface area contributed by atoms with Crippen molar-refractivity contribution in [2.24, 2.45) is 17.8 Å². The summed E-state index contributed by atoms with van der Waals surface area (Å²) in [6.07, 6.45) is 4.25. The Morgan fingerprint density at radius 2 is 1.74 bits per heavy atom. The average Bonchev–Trinajstić information content (AvgIpc) is 3.26. The maximum Gasteiger partial charge on any atom is 0.410 e. The fraction of sp³-hybridized carbons (Fsp3) is 0.708. The number of methoxy groups -OCH3 is 1. The smallest absolute Gasteiger partial charge is 0.410 e. The molecule has 5 atom stereocenters. The minimum atomic E-state index is -1.03. The summed E-state index contributed by atoms with van der Waals surface area (Å²) in [4.78, 5) is 55.0. The second-order valence-corrected chi connectivity index (χ2v) is 9.08. The Morgan fingerprint density at radius 1 is 1.06 bits per heavy atom. The van der Waals surface area contributed by atoms with Gasteiger partial charge in [-0.15, -0.1) is 0 Å². The molecule has 0 aromatic carbocycles. The summed E-state index contributed by atoms with van der Waals surface area (Å²) >= 11 is 0. The lowest BCUT2D eigenvalue weighted by atomic mass is 9.65. The van der Waals surface area contributed by atoms with E-state index in [0.29, 0.717) is 19.4 Å². The first-order valence-corrected chi connectivity index (χ1v) is 12.3. The van der Waals surface area contributed by atoms with E-state index in [1.54, 1.807) is 18.4 Å². The van der Waals surface area contributed by atoms with Crippen LogP contribution in [0.2, 0.25) is 0 Å². The van der Waals surface area contributed by atoms with Gasteiger partial charge >= 0.3 is 24.0 Å². The quantitative estimate of drug-likeness (QED) is 0.428. The minimum Gasteiger partial charge on any atom is -0.480 e. The summed E-state index contributed by atoms with van der Waals surface area (Å²) in [5.74, 6) is -1.92. The van der Waals surface area contributed by atoms with Crippen molar-refractivity contribution in [2.45, 2.75) is 71.5 Å². The number of carboxylic acids is 1. The first-order valence-electron chi connectivity index (χ1n) is 12.3. The minimum absolute atomic E-state index is 0.0673. The van der Waals surface area contributed by atoms with E-state index in [1.165, 1.54) is 18.3 Å². The highest BCUT2D eigenvalue weighted by molar-refractivity contribution is 6.00. The van der Waals surface area contributed by atoms with Crippen LogP contribution < -0.4 is 0 Å². The molecular formula is C24H35N3O8. The molecular weight excluding hydrogens is 458 g/mol. The zero-order valence-electron chi connectivity index (χ0n) is 20.8. The summed E-state index contributed by atoms with van der Waals surface area (Å²) < 4.78 is 16.8. The number of likely N-dealkylation sites (tertiary alicyclic amines) is 1. The number of carbonyl (C=O) groups is 4. The number of hydrogen-bond acceptors (Lipinski definition) is 8. The normalized spacial score (nSPS) is 25.9. The SMILES string of the molecule is CCOC(=O)c1ncn(C[C@H]2CC[C@H]3C(CC)N(C(=O)OC)[C@H](C(=O)O)C[C@H]3C2)c1C(=O)OCC. The largest absolute Gasteiger partial charge is 0.480 e. The predicted molar refractivity (Wildman–Crippen MR) is 123 cm³/mol. The molecule has 1 aliphatic heterocycles. The van der Waals surface area contributed by atoms with E-state index in [9.17, 15) is 24.3 Å². The fourth-order valence-corrected chi connectivity index (χ4v) is 5.81. The van der Waals surface area contributed by atoms with Crippen LogP contribution >= 0.6 is 0 Å². The molecule has 1 saturated heterocycles. The summed E-state index contributed by atoms with van der Waals surface area (Å²) in [6, 6.07) is -1.15. The van der Waals surface area contributed by atoms with Crippen molar-refractivity contribution in [1.82, 2.24) is 14.5 Å². The Labute approximate surface area is 204 Å². The third-order valence-corrected chi connectivity index (χ3v) is 7.18. The Bertz CT molecular complexity index is 945. The molecule has 1 aromatic heterocycles. The maximum absolute atomic E-state index is 12.6. The number of fused-ring (bicyclic) bond motifs is 1. The summed E-state index contributed by atoms with van der Waals surface area (Å²) in [6.45, 7) is 6.09. The molecule has 1 unspecified atom stereocenters. The van der Waals surface area contributed by atoms with E-state index < -0.39 is 30.0 Å². The van der Waals surface area contributed by atoms with E-state index in [2.05, 4.69) is 4.98 Å². The van der Waals surface area contributed by atoms with Crippen LogP contribution in [0.15, 0.2) is 6.33 Å². The van der Waals surface area contributed by atoms with Gasteiger partial charge in [0.2, 0.25) is 0 Å². The number of aromatic nitrogens is 2. The standard InChI is InChI=1S/C24H35N3O8/c1-5-17-16-9-8-14(10-15(16)11-18(21(28)29)27(17)24(32)33-4)12-26-13-25-19(22(30)34-6-2)20(26)23(31)35-7-3/h13-18H,5-12H2,1-4H3,(H,28,29)/t14-,15+,16+,17?,18-/m0/s1. The monoisotopic (exact) mass is 493 g/mol. The molecule has 1 aromatic rings. The number of amides is 1. The van der Waals surface area contributed by atoms with E-state index in [1.807, 2.05) is 6.92 Å². The van der Waals surface area contributed by atoms with Crippen LogP contribution in [0.1, 0.15) is 73.9 Å². The second-order valence-electron chi connectivity index (χ2n) is 9.08. The number of nitrogens with zero attached hydrogens (tertiary/aromatic N) is 3. The molecule has 2 heterocycles. The molecule has 1 amide bonds. The van der Waals surface area contributed by atoms with Crippen LogP contribution in [0.3, 0.4) is 0 Å². The zero-order valence-corrected chi connectivity index (χ0v) is 20.8. The van der Waals surface area contributed by atoms with Crippen LogP contribution in [0.5, 0.6) is 0 Å². The van der Waals surface area contributed by atoms with Gasteiger partial charge in [0.25, 0.3) is 0 Å². The van der Waals surface area contributed by atoms with Gasteiger partial charge in [0.15, 0.2) is 11.4 Å². The number of esters is 2. The number of imidazole rings is 1. The van der Waals surface area contributed by atoms with Crippen molar-refractivity contribution in [3.05, 3.63) is 17.7 Å². The van der Waals surface area contributed by atoms with Crippen LogP contribution in [0.25, 0.3) is 0 Å². The first kappa shape index (κ1) is 26.5. The summed E-state index contributed by atoms with van der Waals surface area (Å²) in [7, 11) is 1.27. The maximum atomic E-state index is 12.6. The molecule has 11 nitrogen and oxygen atoms in total. The van der Waals surface area contributed by atoms with Crippen molar-refractivity contribution in [3.63, 3.8) is 0 Å². The van der Waals surface area contributed by atoms with Gasteiger partial charge in [-0.25, -0.2) is 24.2 Å². The van der Waals surface area contributed by atoms with E-state index in [4.69, 9.17) is 14.2 Å². The van der Waals surface area contributed by atoms with Crippen molar-refractivity contribution in [1.29, 1.82) is 0 Å². The molecule has 2 fully saturated rings. The van der Waals surface area contributed by atoms with Gasteiger partial charge in [-0.05, 0) is 63.7 Å². The highest BCUT2D eigenvalue weighted by Gasteiger charge is 2.49. The third-order valence-electron chi connectivity index (χ3n) is 7.18. The van der Waals surface area contributed by atoms with Gasteiger partial charge in [0.1, 0.15) is 6.04 Å². The number of hydrogen-bond donors (Lipinski definition) is 1. The number of carbonyl (C=O) groups excluding carboxylic acids is 3. The fourth-order valence-electron chi connectivity index (χ4n) is 5.81. The Kier molecular flexibility index (Phi) is 8.74. The van der Waals surface area contributed by atoms with Gasteiger partial charge in [-0.3, -0.25) is 4.90 Å². The van der Waals surface area contributed by atoms with Crippen LogP contribution in [-0.4, -0.2) is 76.0 Å². The molecule has 1 aliphatic carbocycles. The van der Waals surface area contributed by atoms with Gasteiger partial charge in [0.05, 0.1) is 26.7 Å². The zero-order chi connectivity index (χ0) is 25.7. The Morgan fingerprint density at radius 3 is 2.34 bits per heavy atom. The third kappa shape index (κ3) is 5.43. The predicted octanol–water partition coefficient (Wildman–Crippen LogP) is 2.97. The van der Waals surface area contributed by atoms with Crippen LogP contribution in [0.4, 0.5) is 4.79 Å². The molecule has 3 rings (SSSR count). The number of piperidine rings is 1. The second kappa shape index (κ2) is 11.5. The van der Waals surface area contributed by atoms with Gasteiger partial charge in [-0.2, -0.15) is 0 Å². The number of aliphatic carboxylic acids is 1. The van der Waals surface area contributed by atoms with Crippen LogP contribution in [-0.2, 0) is 25.5 Å². The van der Waals surface area contributed by atoms with Crippen molar-refractivity contribution < 1.29 is 38.5 Å². The first-order chi connectivity index (χ1) is 16.8. The lowest BCUT2D eigenvalue weighted by Gasteiger charge is -2.51. The van der Waals surface area contributed by atoms with Crippen molar-refractivity contribution in [3.8, 4) is 0 Å². The lowest BCUT2D eigenvalue weighted by Crippen LogP contribution is -2.60. The Balaban J connectivity index is 1.82. The number of rotatable bonds is 8. The molecule has 1 saturated carbocycles. The molecule has 0 bridgehead atoms. The number of carboxylic acid groups (broad SMARTS) is 1. The molecule has 194 valence electrons. The summed E-state index contributed by atoms with van der Waals surface area (Å²) in [5.41, 5.74) is 0.00476. The molecule has 11 heteroatoms. The number of ether oxygens (including phenoxy) is 3. The van der Waals surface area contributed by atoms with Crippen molar-refractivity contribution >= 4 is 24.0 Å². The highest BCUT2D eigenvalue weighted by Crippen LogP contribution is 2.46. The van der Waals surface area contributed by atoms with E-state index in [-0.39, 0.29) is 48.4 Å². The van der Waals surface area contributed by atoms with Crippen molar-refractivity contribution in [2.75, 3.05) is 20.3 Å². The summed E-state index contributed by atoms with van der Waals surface area (Å²) in [5, 5.41) is 9.85. The molecule has 0 spiro atoms. The van der Waals surface area contributed by atoms with E-state index >= 15 is 0 Å².